The summed E-state index contributed by atoms with van der Waals surface area (Å²) in [6.45, 7) is 14.4. The molecule has 2 atom stereocenters. The van der Waals surface area contributed by atoms with Gasteiger partial charge in [-0.25, -0.2) is 0 Å². The second-order valence-corrected chi connectivity index (χ2v) is 24.4. The van der Waals surface area contributed by atoms with Crippen molar-refractivity contribution in [3.63, 3.8) is 0 Å². The summed E-state index contributed by atoms with van der Waals surface area (Å²) in [5.41, 5.74) is 0. The minimum absolute atomic E-state index is 0.843. The summed E-state index contributed by atoms with van der Waals surface area (Å²) in [6, 6.07) is 0. The van der Waals surface area contributed by atoms with E-state index in [2.05, 4.69) is 110 Å². The van der Waals surface area contributed by atoms with Gasteiger partial charge in [-0.1, -0.05) is 293 Å². The molecule has 0 bridgehead atoms. The fourth-order valence-corrected chi connectivity index (χ4v) is 11.3. The number of aliphatic hydroxyl groups is 2. The molecule has 0 aliphatic carbocycles. The van der Waals surface area contributed by atoms with Gasteiger partial charge in [0, 0.05) is 26.2 Å². The van der Waals surface area contributed by atoms with Crippen LogP contribution >= 0.6 is 0 Å². The number of allylic oxidation sites excluding steroid dienone is 12. The van der Waals surface area contributed by atoms with Crippen molar-refractivity contribution in [3.8, 4) is 0 Å². The van der Waals surface area contributed by atoms with E-state index in [0.29, 0.717) is 0 Å². The van der Waals surface area contributed by atoms with E-state index in [1.807, 2.05) is 6.92 Å². The van der Waals surface area contributed by atoms with Crippen LogP contribution in [-0.2, 0) is 0 Å². The maximum Gasteiger partial charge on any atom is 0.203 e. The zero-order chi connectivity index (χ0) is 57.3. The predicted molar refractivity (Wildman–Crippen MR) is 357 cm³/mol. The van der Waals surface area contributed by atoms with Gasteiger partial charge in [0.15, 0.2) is 0 Å². The Bertz CT molecular complexity index is 1260. The summed E-state index contributed by atoms with van der Waals surface area (Å²) in [7, 11) is 0. The number of hydrogen-bond donors (Lipinski definition) is 2. The van der Waals surface area contributed by atoms with Gasteiger partial charge < -0.3 is 10.2 Å². The molecular weight excluding hydrogens is 961 g/mol. The van der Waals surface area contributed by atoms with Crippen molar-refractivity contribution in [2.75, 3.05) is 26.2 Å². The average Bonchev–Trinajstić information content (AvgIpc) is 3.48. The van der Waals surface area contributed by atoms with Crippen LogP contribution in [0.3, 0.4) is 0 Å². The quantitative estimate of drug-likeness (QED) is 0.0362. The van der Waals surface area contributed by atoms with Crippen molar-refractivity contribution >= 4 is 0 Å². The first-order chi connectivity index (χ1) is 39.0. The average molecular weight is 1100 g/mol. The van der Waals surface area contributed by atoms with E-state index in [0.717, 1.165) is 64.7 Å². The second-order valence-electron chi connectivity index (χ2n) is 24.4. The lowest BCUT2D eigenvalue weighted by Crippen LogP contribution is -2.67. The molecule has 4 heteroatoms. The molecule has 0 aromatic heterocycles. The first-order valence-corrected chi connectivity index (χ1v) is 35.8. The third kappa shape index (κ3) is 54.0. The molecular formula is C75H142N2O2. The molecule has 0 radical (unpaired) electrons. The zero-order valence-corrected chi connectivity index (χ0v) is 54.4. The van der Waals surface area contributed by atoms with Crippen molar-refractivity contribution in [1.29, 1.82) is 0 Å². The Kier molecular flexibility index (Phi) is 64.0. The molecule has 2 N–H and O–H groups in total. The number of rotatable bonds is 65. The van der Waals surface area contributed by atoms with Crippen molar-refractivity contribution in [1.82, 2.24) is 9.80 Å². The lowest BCUT2D eigenvalue weighted by molar-refractivity contribution is -0.265. The van der Waals surface area contributed by atoms with E-state index in [9.17, 15) is 10.2 Å². The van der Waals surface area contributed by atoms with Gasteiger partial charge in [0.25, 0.3) is 0 Å². The Morgan fingerprint density at radius 1 is 0.253 bits per heavy atom. The normalized spacial score (nSPS) is 13.8. The fourth-order valence-electron chi connectivity index (χ4n) is 11.3. The van der Waals surface area contributed by atoms with Crippen LogP contribution in [0.15, 0.2) is 72.9 Å². The zero-order valence-electron chi connectivity index (χ0n) is 54.4. The maximum absolute atomic E-state index is 13.1. The molecule has 79 heavy (non-hydrogen) atoms. The minimum atomic E-state index is -1.34. The van der Waals surface area contributed by atoms with Crippen molar-refractivity contribution < 1.29 is 10.2 Å². The van der Waals surface area contributed by atoms with E-state index >= 15 is 0 Å². The Labute approximate surface area is 497 Å². The van der Waals surface area contributed by atoms with E-state index in [4.69, 9.17) is 0 Å². The van der Waals surface area contributed by atoms with Gasteiger partial charge in [-0.3, -0.25) is 9.80 Å². The van der Waals surface area contributed by atoms with Crippen molar-refractivity contribution in [2.45, 2.75) is 380 Å². The molecule has 0 spiro atoms. The number of nitrogens with zero attached hydrogens (tertiary/aromatic N) is 2. The topological polar surface area (TPSA) is 46.9 Å². The smallest absolute Gasteiger partial charge is 0.203 e. The molecule has 0 aliphatic rings. The third-order valence-electron chi connectivity index (χ3n) is 16.6. The highest BCUT2D eigenvalue weighted by Crippen LogP contribution is 2.27. The monoisotopic (exact) mass is 1100 g/mol. The highest BCUT2D eigenvalue weighted by atomic mass is 16.4. The highest BCUT2D eigenvalue weighted by molar-refractivity contribution is 4.94. The molecule has 0 saturated carbocycles. The first kappa shape index (κ1) is 77.3. The molecule has 0 fully saturated rings. The molecule has 4 nitrogen and oxygen atoms in total. The molecule has 464 valence electrons. The van der Waals surface area contributed by atoms with Crippen LogP contribution in [0.2, 0.25) is 0 Å². The summed E-state index contributed by atoms with van der Waals surface area (Å²) in [5.74, 6) is -1.34. The van der Waals surface area contributed by atoms with Crippen LogP contribution in [0.4, 0.5) is 0 Å². The largest absolute Gasteiger partial charge is 0.387 e. The first-order valence-electron chi connectivity index (χ1n) is 35.8. The van der Waals surface area contributed by atoms with E-state index in [1.165, 1.54) is 295 Å². The Hall–Kier alpha value is -1.72. The van der Waals surface area contributed by atoms with Gasteiger partial charge in [-0.05, 0) is 148 Å². The number of unbranched alkanes of at least 4 members (excludes halogenated alkanes) is 42. The van der Waals surface area contributed by atoms with Crippen molar-refractivity contribution in [2.24, 2.45) is 0 Å². The van der Waals surface area contributed by atoms with Gasteiger partial charge in [0.1, 0.15) is 6.10 Å². The van der Waals surface area contributed by atoms with Crippen LogP contribution in [0.5, 0.6) is 0 Å². The van der Waals surface area contributed by atoms with Gasteiger partial charge in [0.05, 0.1) is 0 Å². The van der Waals surface area contributed by atoms with Crippen molar-refractivity contribution in [3.05, 3.63) is 72.9 Å². The SMILES string of the molecule is CCCCC/C=C\C/C=C\CCCCCCCCN(CCCCCCCC/C=C\C/C=C\CCCCC)C(O)(C(C)O)N(CCCCCCCC/C=C\CCCCCCCC)CCCCCCCC/C=C\CCCCCCCC. The molecule has 2 unspecified atom stereocenters. The summed E-state index contributed by atoms with van der Waals surface area (Å²) in [6.07, 6.45) is 93.9. The summed E-state index contributed by atoms with van der Waals surface area (Å²) in [5, 5.41) is 24.9. The minimum Gasteiger partial charge on any atom is -0.387 e. The molecule has 0 aliphatic heterocycles. The summed E-state index contributed by atoms with van der Waals surface area (Å²) in [4.78, 5) is 4.70. The third-order valence-corrected chi connectivity index (χ3v) is 16.6. The van der Waals surface area contributed by atoms with Crippen LogP contribution in [0, 0.1) is 0 Å². The maximum atomic E-state index is 13.1. The Balaban J connectivity index is 5.52. The predicted octanol–water partition coefficient (Wildman–Crippen LogP) is 24.3. The van der Waals surface area contributed by atoms with E-state index in [1.54, 1.807) is 0 Å². The summed E-state index contributed by atoms with van der Waals surface area (Å²) >= 11 is 0. The molecule has 0 saturated heterocycles. The van der Waals surface area contributed by atoms with Crippen LogP contribution in [0.25, 0.3) is 0 Å². The summed E-state index contributed by atoms with van der Waals surface area (Å²) < 4.78 is 0. The fraction of sp³-hybridized carbons (Fsp3) is 0.840. The van der Waals surface area contributed by atoms with Crippen LogP contribution in [0.1, 0.15) is 369 Å². The molecule has 0 aromatic rings. The van der Waals surface area contributed by atoms with Crippen LogP contribution in [-0.4, -0.2) is 58.1 Å². The Morgan fingerprint density at radius 2 is 0.418 bits per heavy atom. The lowest BCUT2D eigenvalue weighted by atomic mass is 10.0. The standard InChI is InChI=1S/C75H142N2O2/c1-6-10-14-18-22-26-30-34-38-42-46-50-54-58-62-66-70-76(71-67-63-59-55-51-47-43-39-35-31-27-23-19-15-11-7-2)75(79,74(5)78)77(72-68-64-60-56-52-48-44-40-36-32-28-24-20-16-12-8-3)73-69-65-61-57-53-49-45-41-37-33-29-25-21-17-13-9-4/h22-23,26-27,34-41,74,78-79H,6-21,24-25,28-33,42-73H2,1-5H3/b26-22-,27-23-,38-34-,39-35-,40-36-,41-37-. The molecule has 0 heterocycles. The molecule has 0 amide bonds. The number of aliphatic hydroxyl groups excluding tert-OH is 1. The molecule has 0 rings (SSSR count). The van der Waals surface area contributed by atoms with Crippen LogP contribution < -0.4 is 0 Å². The van der Waals surface area contributed by atoms with Gasteiger partial charge in [-0.15, -0.1) is 0 Å². The Morgan fingerprint density at radius 3 is 0.633 bits per heavy atom. The van der Waals surface area contributed by atoms with Gasteiger partial charge in [0.2, 0.25) is 5.85 Å². The molecule has 0 aromatic carbocycles. The van der Waals surface area contributed by atoms with E-state index in [-0.39, 0.29) is 0 Å². The lowest BCUT2D eigenvalue weighted by Gasteiger charge is -2.49. The number of hydrogen-bond acceptors (Lipinski definition) is 4. The van der Waals surface area contributed by atoms with E-state index < -0.39 is 12.0 Å². The second kappa shape index (κ2) is 65.4. The van der Waals surface area contributed by atoms with Gasteiger partial charge in [-0.2, -0.15) is 0 Å². The van der Waals surface area contributed by atoms with Gasteiger partial charge >= 0.3 is 0 Å². The highest BCUT2D eigenvalue weighted by Gasteiger charge is 2.44.